The van der Waals surface area contributed by atoms with Gasteiger partial charge in [-0.05, 0) is 30.9 Å². The van der Waals surface area contributed by atoms with Crippen molar-refractivity contribution in [3.05, 3.63) is 82.4 Å². The summed E-state index contributed by atoms with van der Waals surface area (Å²) in [6.07, 6.45) is -3.70. The molecule has 3 heterocycles. The first-order valence-corrected chi connectivity index (χ1v) is 13.8. The van der Waals surface area contributed by atoms with Crippen molar-refractivity contribution in [2.24, 2.45) is 12.8 Å². The lowest BCUT2D eigenvalue weighted by Gasteiger charge is -2.39. The van der Waals surface area contributed by atoms with Gasteiger partial charge in [0.1, 0.15) is 5.52 Å². The first kappa shape index (κ1) is 29.5. The van der Waals surface area contributed by atoms with Crippen molar-refractivity contribution >= 4 is 16.9 Å². The molecule has 12 heteroatoms. The summed E-state index contributed by atoms with van der Waals surface area (Å²) in [4.78, 5) is 32.1. The van der Waals surface area contributed by atoms with Crippen LogP contribution in [0.5, 0.6) is 0 Å². The molecule has 0 radical (unpaired) electrons. The Hall–Kier alpha value is -4.03. The van der Waals surface area contributed by atoms with E-state index in [1.165, 1.54) is 40.1 Å². The summed E-state index contributed by atoms with van der Waals surface area (Å²) < 4.78 is 44.2. The Morgan fingerprint density at radius 2 is 1.69 bits per heavy atom. The normalized spacial score (nSPS) is 16.9. The molecule has 1 aliphatic heterocycles. The molecule has 3 N–H and O–H groups in total. The van der Waals surface area contributed by atoms with Crippen molar-refractivity contribution in [2.45, 2.75) is 56.5 Å². The van der Waals surface area contributed by atoms with Gasteiger partial charge in [-0.15, -0.1) is 0 Å². The van der Waals surface area contributed by atoms with Crippen LogP contribution in [-0.4, -0.2) is 60.1 Å². The molecule has 0 aliphatic carbocycles. The van der Waals surface area contributed by atoms with Gasteiger partial charge in [-0.1, -0.05) is 54.6 Å². The van der Waals surface area contributed by atoms with Crippen LogP contribution < -0.4 is 11.3 Å². The molecular formula is C30H33F3N6O3. The van der Waals surface area contributed by atoms with Crippen LogP contribution in [0.25, 0.3) is 22.3 Å². The van der Waals surface area contributed by atoms with E-state index in [9.17, 15) is 27.9 Å². The predicted octanol–water partition coefficient (Wildman–Crippen LogP) is 3.91. The summed E-state index contributed by atoms with van der Waals surface area (Å²) >= 11 is 0. The number of nitrogens with two attached hydrogens (primary N) is 1. The molecule has 222 valence electrons. The van der Waals surface area contributed by atoms with E-state index in [1.807, 2.05) is 31.2 Å². The lowest BCUT2D eigenvalue weighted by Crippen LogP contribution is -2.50. The van der Waals surface area contributed by atoms with Gasteiger partial charge in [-0.25, -0.2) is 4.98 Å². The molecule has 2 aromatic carbocycles. The molecule has 1 unspecified atom stereocenters. The number of alkyl halides is 3. The summed E-state index contributed by atoms with van der Waals surface area (Å²) in [5, 5.41) is 15.7. The van der Waals surface area contributed by atoms with E-state index >= 15 is 0 Å². The third kappa shape index (κ3) is 5.95. The molecule has 4 aromatic rings. The molecule has 0 bridgehead atoms. The smallest absolute Gasteiger partial charge is 0.388 e. The maximum atomic E-state index is 13.8. The summed E-state index contributed by atoms with van der Waals surface area (Å²) in [6.45, 7) is 1.96. The zero-order valence-electron chi connectivity index (χ0n) is 23.4. The largest absolute Gasteiger partial charge is 0.396 e. The molecule has 1 saturated heterocycles. The van der Waals surface area contributed by atoms with Gasteiger partial charge in [0.25, 0.3) is 5.56 Å². The molecule has 42 heavy (non-hydrogen) atoms. The Morgan fingerprint density at radius 1 is 1.05 bits per heavy atom. The van der Waals surface area contributed by atoms with Gasteiger partial charge < -0.3 is 15.7 Å². The molecular weight excluding hydrogens is 549 g/mol. The number of carbonyl (C=O) groups is 1. The number of halogens is 3. The van der Waals surface area contributed by atoms with E-state index < -0.39 is 35.6 Å². The number of aryl methyl sites for hydroxylation is 1. The lowest BCUT2D eigenvalue weighted by atomic mass is 9.90. The van der Waals surface area contributed by atoms with Crippen molar-refractivity contribution in [1.29, 1.82) is 0 Å². The number of nitrogens with zero attached hydrogens (tertiary/aromatic N) is 5. The van der Waals surface area contributed by atoms with Crippen molar-refractivity contribution in [2.75, 3.05) is 13.1 Å². The number of piperidine rings is 1. The van der Waals surface area contributed by atoms with E-state index in [-0.39, 0.29) is 49.6 Å². The molecule has 5 rings (SSSR count). The number of amides is 1. The Labute approximate surface area is 240 Å². The van der Waals surface area contributed by atoms with Crippen LogP contribution in [0.3, 0.4) is 0 Å². The van der Waals surface area contributed by atoms with Crippen molar-refractivity contribution in [3.63, 3.8) is 0 Å². The molecule has 0 spiro atoms. The van der Waals surface area contributed by atoms with Gasteiger partial charge >= 0.3 is 6.18 Å². The molecule has 2 atom stereocenters. The fraction of sp³-hybridized carbons (Fsp3) is 0.400. The molecule has 2 aromatic heterocycles. The van der Waals surface area contributed by atoms with E-state index in [0.29, 0.717) is 11.2 Å². The molecule has 9 nitrogen and oxygen atoms in total. The topological polar surface area (TPSA) is 119 Å². The molecule has 1 aliphatic rings. The SMILES string of the molecule is C[C@@H](N)c1ccc(-c2c3ncn(CC4(O)CCN(C(=O)CC(c5ccccc5)C(F)(F)F)CC4)c(=O)c3nn2C)cc1. The second-order valence-corrected chi connectivity index (χ2v) is 11.1. The fourth-order valence-electron chi connectivity index (χ4n) is 5.53. The highest BCUT2D eigenvalue weighted by molar-refractivity contribution is 5.89. The zero-order chi connectivity index (χ0) is 30.2. The first-order chi connectivity index (χ1) is 19.9. The van der Waals surface area contributed by atoms with Crippen LogP contribution in [0.2, 0.25) is 0 Å². The number of fused-ring (bicyclic) bond motifs is 1. The van der Waals surface area contributed by atoms with Crippen molar-refractivity contribution in [3.8, 4) is 11.3 Å². The van der Waals surface area contributed by atoms with Crippen LogP contribution in [0.15, 0.2) is 65.7 Å². The van der Waals surface area contributed by atoms with Crippen molar-refractivity contribution < 1.29 is 23.1 Å². The van der Waals surface area contributed by atoms with E-state index in [2.05, 4.69) is 10.1 Å². The van der Waals surface area contributed by atoms with E-state index in [1.54, 1.807) is 17.8 Å². The highest BCUT2D eigenvalue weighted by Crippen LogP contribution is 2.38. The number of hydrogen-bond acceptors (Lipinski definition) is 6. The Bertz CT molecular complexity index is 1620. The average Bonchev–Trinajstić information content (AvgIpc) is 3.30. The van der Waals surface area contributed by atoms with Crippen LogP contribution in [-0.2, 0) is 18.4 Å². The van der Waals surface area contributed by atoms with Gasteiger partial charge in [0.05, 0.1) is 30.1 Å². The van der Waals surface area contributed by atoms with Gasteiger partial charge in [0, 0.05) is 38.2 Å². The first-order valence-electron chi connectivity index (χ1n) is 13.8. The minimum atomic E-state index is -4.57. The van der Waals surface area contributed by atoms with Crippen LogP contribution in [0.4, 0.5) is 13.2 Å². The quantitative estimate of drug-likeness (QED) is 0.341. The second-order valence-electron chi connectivity index (χ2n) is 11.1. The number of hydrogen-bond donors (Lipinski definition) is 2. The number of benzene rings is 2. The maximum Gasteiger partial charge on any atom is 0.396 e. The average molecular weight is 583 g/mol. The van der Waals surface area contributed by atoms with Gasteiger partial charge in [0.2, 0.25) is 5.91 Å². The van der Waals surface area contributed by atoms with Crippen LogP contribution in [0.1, 0.15) is 49.3 Å². The standard InChI is InChI=1S/C30H33F3N6O3/c1-19(34)20-8-10-22(11-9-20)27-25-26(36-37(27)2)28(41)39(18-35-25)17-29(42)12-14-38(15-13-29)24(40)16-23(30(31,32)33)21-6-4-3-5-7-21/h3-11,18-19,23,42H,12-17,34H2,1-2H3/t19-,23?/m1/s1. The maximum absolute atomic E-state index is 13.8. The van der Waals surface area contributed by atoms with Crippen molar-refractivity contribution in [1.82, 2.24) is 24.2 Å². The third-order valence-electron chi connectivity index (χ3n) is 8.01. The Balaban J connectivity index is 1.29. The summed E-state index contributed by atoms with van der Waals surface area (Å²) in [5.41, 5.74) is 7.27. The highest BCUT2D eigenvalue weighted by atomic mass is 19.4. The monoisotopic (exact) mass is 582 g/mol. The van der Waals surface area contributed by atoms with Gasteiger partial charge in [0.15, 0.2) is 5.52 Å². The minimum absolute atomic E-state index is 0.0361. The van der Waals surface area contributed by atoms with Crippen LogP contribution in [0, 0.1) is 0 Å². The Kier molecular flexibility index (Phi) is 7.95. The molecule has 1 fully saturated rings. The summed E-state index contributed by atoms with van der Waals surface area (Å²) in [5.74, 6) is -2.53. The minimum Gasteiger partial charge on any atom is -0.388 e. The molecule has 0 saturated carbocycles. The van der Waals surface area contributed by atoms with Crippen LogP contribution >= 0.6 is 0 Å². The number of aliphatic hydroxyl groups is 1. The highest BCUT2D eigenvalue weighted by Gasteiger charge is 2.43. The third-order valence-corrected chi connectivity index (χ3v) is 8.01. The Morgan fingerprint density at radius 3 is 2.29 bits per heavy atom. The number of rotatable bonds is 7. The van der Waals surface area contributed by atoms with E-state index in [4.69, 9.17) is 5.73 Å². The second kappa shape index (κ2) is 11.3. The zero-order valence-corrected chi connectivity index (χ0v) is 23.4. The lowest BCUT2D eigenvalue weighted by molar-refractivity contribution is -0.162. The summed E-state index contributed by atoms with van der Waals surface area (Å²) in [7, 11) is 1.72. The van der Waals surface area contributed by atoms with E-state index in [0.717, 1.165) is 11.1 Å². The number of aromatic nitrogens is 4. The predicted molar refractivity (Wildman–Crippen MR) is 151 cm³/mol. The molecule has 1 amide bonds. The van der Waals surface area contributed by atoms with Gasteiger partial charge in [-0.2, -0.15) is 18.3 Å². The number of carbonyl (C=O) groups excluding carboxylic acids is 1. The van der Waals surface area contributed by atoms with Gasteiger partial charge in [-0.3, -0.25) is 18.8 Å². The fourth-order valence-corrected chi connectivity index (χ4v) is 5.53. The number of likely N-dealkylation sites (tertiary alicyclic amines) is 1. The summed E-state index contributed by atoms with van der Waals surface area (Å²) in [6, 6.07) is 14.9.